The number of nitrogen functional groups attached to an aromatic ring is 1. The van der Waals surface area contributed by atoms with Crippen molar-refractivity contribution < 1.29 is 9.53 Å². The second-order valence-electron chi connectivity index (χ2n) is 7.10. The summed E-state index contributed by atoms with van der Waals surface area (Å²) in [6.45, 7) is 2.36. The van der Waals surface area contributed by atoms with E-state index in [0.29, 0.717) is 5.69 Å². The maximum Gasteiger partial charge on any atom is 0.308 e. The Bertz CT molecular complexity index is 833. The molecule has 27 heavy (non-hydrogen) atoms. The number of hydrogen-bond acceptors (Lipinski definition) is 7. The lowest BCUT2D eigenvalue weighted by molar-refractivity contribution is -0.146. The van der Waals surface area contributed by atoms with E-state index in [2.05, 4.69) is 38.0 Å². The number of anilines is 4. The Kier molecular flexibility index (Phi) is 4.83. The van der Waals surface area contributed by atoms with Gasteiger partial charge in [0, 0.05) is 25.3 Å². The maximum atomic E-state index is 11.8. The van der Waals surface area contributed by atoms with E-state index in [-0.39, 0.29) is 11.9 Å². The van der Waals surface area contributed by atoms with Gasteiger partial charge in [-0.3, -0.25) is 4.79 Å². The van der Waals surface area contributed by atoms with Gasteiger partial charge in [-0.05, 0) is 37.3 Å². The second kappa shape index (κ2) is 7.42. The fraction of sp³-hybridized carbons (Fsp3) is 0.450. The number of rotatable bonds is 3. The molecule has 0 aliphatic carbocycles. The standard InChI is InChI=1S/C20H25N5O2/c1-27-20(26)15-8-11-24(12-9-15)18-17(21)19(23-13-22-18)25-10-4-6-14-5-2-3-7-16(14)25/h2-3,5,7,13,15H,4,6,8-12,21H2,1H3. The Morgan fingerprint density at radius 2 is 1.89 bits per heavy atom. The third-order valence-electron chi connectivity index (χ3n) is 5.54. The first-order chi connectivity index (χ1) is 13.2. The average Bonchev–Trinajstić information content (AvgIpc) is 2.73. The van der Waals surface area contributed by atoms with Gasteiger partial charge in [-0.2, -0.15) is 0 Å². The summed E-state index contributed by atoms with van der Waals surface area (Å²) >= 11 is 0. The van der Waals surface area contributed by atoms with Gasteiger partial charge in [0.05, 0.1) is 13.0 Å². The molecular formula is C20H25N5O2. The summed E-state index contributed by atoms with van der Waals surface area (Å²) in [7, 11) is 1.44. The van der Waals surface area contributed by atoms with E-state index in [0.717, 1.165) is 57.0 Å². The molecule has 0 amide bonds. The maximum absolute atomic E-state index is 11.8. The molecule has 0 atom stereocenters. The van der Waals surface area contributed by atoms with Crippen LogP contribution in [0.1, 0.15) is 24.8 Å². The molecule has 0 radical (unpaired) electrons. The zero-order chi connectivity index (χ0) is 18.8. The number of nitrogens with two attached hydrogens (primary N) is 1. The number of piperidine rings is 1. The number of fused-ring (bicyclic) bond motifs is 1. The van der Waals surface area contributed by atoms with Crippen LogP contribution in [-0.2, 0) is 16.0 Å². The van der Waals surface area contributed by atoms with Crippen LogP contribution < -0.4 is 15.5 Å². The monoisotopic (exact) mass is 367 g/mol. The lowest BCUT2D eigenvalue weighted by Crippen LogP contribution is -2.38. The highest BCUT2D eigenvalue weighted by molar-refractivity contribution is 5.81. The van der Waals surface area contributed by atoms with Gasteiger partial charge in [0.15, 0.2) is 11.6 Å². The third-order valence-corrected chi connectivity index (χ3v) is 5.54. The van der Waals surface area contributed by atoms with Crippen molar-refractivity contribution in [2.24, 2.45) is 5.92 Å². The van der Waals surface area contributed by atoms with Gasteiger partial charge >= 0.3 is 5.97 Å². The molecule has 2 N–H and O–H groups in total. The quantitative estimate of drug-likeness (QED) is 0.835. The Morgan fingerprint density at radius 1 is 1.15 bits per heavy atom. The van der Waals surface area contributed by atoms with E-state index in [9.17, 15) is 4.79 Å². The fourth-order valence-corrected chi connectivity index (χ4v) is 4.09. The number of ether oxygens (including phenoxy) is 1. The molecule has 0 saturated carbocycles. The molecule has 1 aromatic carbocycles. The number of carbonyl (C=O) groups is 1. The molecule has 0 bridgehead atoms. The van der Waals surface area contributed by atoms with Gasteiger partial charge in [-0.15, -0.1) is 0 Å². The third kappa shape index (κ3) is 3.29. The van der Waals surface area contributed by atoms with Gasteiger partial charge in [0.2, 0.25) is 0 Å². The number of aryl methyl sites for hydroxylation is 1. The van der Waals surface area contributed by atoms with E-state index in [1.807, 2.05) is 6.07 Å². The lowest BCUT2D eigenvalue weighted by Gasteiger charge is -2.34. The number of aromatic nitrogens is 2. The van der Waals surface area contributed by atoms with Crippen molar-refractivity contribution in [2.45, 2.75) is 25.7 Å². The van der Waals surface area contributed by atoms with Gasteiger partial charge in [0.25, 0.3) is 0 Å². The average molecular weight is 367 g/mol. The van der Waals surface area contributed by atoms with Crippen LogP contribution in [0, 0.1) is 5.92 Å². The highest BCUT2D eigenvalue weighted by Gasteiger charge is 2.29. The van der Waals surface area contributed by atoms with E-state index < -0.39 is 0 Å². The van der Waals surface area contributed by atoms with Crippen molar-refractivity contribution in [3.8, 4) is 0 Å². The van der Waals surface area contributed by atoms with Crippen LogP contribution in [0.5, 0.6) is 0 Å². The number of hydrogen-bond donors (Lipinski definition) is 1. The predicted octanol–water partition coefficient (Wildman–Crippen LogP) is 2.53. The molecular weight excluding hydrogens is 342 g/mol. The Morgan fingerprint density at radius 3 is 2.67 bits per heavy atom. The van der Waals surface area contributed by atoms with Crippen LogP contribution in [0.25, 0.3) is 0 Å². The number of esters is 1. The summed E-state index contributed by atoms with van der Waals surface area (Å²) in [4.78, 5) is 25.1. The number of carbonyl (C=O) groups excluding carboxylic acids is 1. The highest BCUT2D eigenvalue weighted by atomic mass is 16.5. The summed E-state index contributed by atoms with van der Waals surface area (Å²) in [5.41, 5.74) is 9.62. The summed E-state index contributed by atoms with van der Waals surface area (Å²) in [6.07, 6.45) is 5.23. The number of methoxy groups -OCH3 is 1. The predicted molar refractivity (Wildman–Crippen MR) is 105 cm³/mol. The summed E-state index contributed by atoms with van der Waals surface area (Å²) in [5.74, 6) is 1.35. The molecule has 1 fully saturated rings. The zero-order valence-electron chi connectivity index (χ0n) is 15.6. The first-order valence-electron chi connectivity index (χ1n) is 9.47. The first-order valence-corrected chi connectivity index (χ1v) is 9.47. The van der Waals surface area contributed by atoms with Crippen molar-refractivity contribution in [3.63, 3.8) is 0 Å². The Balaban J connectivity index is 1.59. The number of nitrogens with zero attached hydrogens (tertiary/aromatic N) is 4. The summed E-state index contributed by atoms with van der Waals surface area (Å²) in [5, 5.41) is 0. The molecule has 2 aliphatic rings. The molecule has 2 aliphatic heterocycles. The zero-order valence-corrected chi connectivity index (χ0v) is 15.6. The Labute approximate surface area is 159 Å². The van der Waals surface area contributed by atoms with Gasteiger partial charge < -0.3 is 20.3 Å². The van der Waals surface area contributed by atoms with Crippen LogP contribution in [0.2, 0.25) is 0 Å². The van der Waals surface area contributed by atoms with E-state index in [1.54, 1.807) is 6.33 Å². The van der Waals surface area contributed by atoms with Crippen molar-refractivity contribution >= 4 is 29.0 Å². The molecule has 7 nitrogen and oxygen atoms in total. The van der Waals surface area contributed by atoms with Crippen molar-refractivity contribution in [2.75, 3.05) is 42.3 Å². The second-order valence-corrected chi connectivity index (χ2v) is 7.10. The normalized spacial score (nSPS) is 17.5. The molecule has 0 unspecified atom stereocenters. The first kappa shape index (κ1) is 17.6. The van der Waals surface area contributed by atoms with Gasteiger partial charge in [-0.25, -0.2) is 9.97 Å². The van der Waals surface area contributed by atoms with Gasteiger partial charge in [0.1, 0.15) is 12.0 Å². The van der Waals surface area contributed by atoms with E-state index in [4.69, 9.17) is 10.5 Å². The fourth-order valence-electron chi connectivity index (χ4n) is 4.09. The highest BCUT2D eigenvalue weighted by Crippen LogP contribution is 2.38. The number of benzene rings is 1. The van der Waals surface area contributed by atoms with Crippen LogP contribution in [0.15, 0.2) is 30.6 Å². The van der Waals surface area contributed by atoms with Crippen molar-refractivity contribution in [1.82, 2.24) is 9.97 Å². The molecule has 2 aromatic rings. The smallest absolute Gasteiger partial charge is 0.308 e. The van der Waals surface area contributed by atoms with Crippen LogP contribution in [0.3, 0.4) is 0 Å². The van der Waals surface area contributed by atoms with Crippen molar-refractivity contribution in [1.29, 1.82) is 0 Å². The molecule has 0 spiro atoms. The largest absolute Gasteiger partial charge is 0.469 e. The van der Waals surface area contributed by atoms with Gasteiger partial charge in [-0.1, -0.05) is 18.2 Å². The molecule has 142 valence electrons. The molecule has 4 rings (SSSR count). The lowest BCUT2D eigenvalue weighted by atomic mass is 9.97. The summed E-state index contributed by atoms with van der Waals surface area (Å²) < 4.78 is 4.87. The van der Waals surface area contributed by atoms with Crippen LogP contribution >= 0.6 is 0 Å². The minimum absolute atomic E-state index is 0.0391. The molecule has 3 heterocycles. The minimum Gasteiger partial charge on any atom is -0.469 e. The van der Waals surface area contributed by atoms with Crippen LogP contribution in [0.4, 0.5) is 23.0 Å². The van der Waals surface area contributed by atoms with E-state index >= 15 is 0 Å². The molecule has 1 saturated heterocycles. The molecule has 1 aromatic heterocycles. The minimum atomic E-state index is -0.129. The molecule has 7 heteroatoms. The number of para-hydroxylation sites is 1. The topological polar surface area (TPSA) is 84.6 Å². The SMILES string of the molecule is COC(=O)C1CCN(c2ncnc(N3CCCc4ccccc43)c2N)CC1. The van der Waals surface area contributed by atoms with Crippen LogP contribution in [-0.4, -0.2) is 42.7 Å². The van der Waals surface area contributed by atoms with E-state index in [1.165, 1.54) is 18.4 Å². The summed E-state index contributed by atoms with van der Waals surface area (Å²) in [6, 6.07) is 8.41. The van der Waals surface area contributed by atoms with Crippen molar-refractivity contribution in [3.05, 3.63) is 36.2 Å². The Hall–Kier alpha value is -2.83.